The van der Waals surface area contributed by atoms with E-state index in [1.807, 2.05) is 0 Å². The Morgan fingerprint density at radius 1 is 0.542 bits per heavy atom. The maximum atomic E-state index is 5.55. The van der Waals surface area contributed by atoms with E-state index in [4.69, 9.17) is 5.73 Å². The number of hydrogen-bond acceptors (Lipinski definition) is 3. The quantitative estimate of drug-likeness (QED) is 0.205. The number of thiol groups is 1. The first-order valence-electron chi connectivity index (χ1n) is 10.8. The summed E-state index contributed by atoms with van der Waals surface area (Å²) in [6.07, 6.45) is 22.8. The summed E-state index contributed by atoms with van der Waals surface area (Å²) in [6, 6.07) is 0. The molecule has 0 radical (unpaired) electrons. The molecular weight excluding hydrogens is 312 g/mol. The summed E-state index contributed by atoms with van der Waals surface area (Å²) in [4.78, 5) is 2.35. The van der Waals surface area contributed by atoms with Crippen LogP contribution in [0.15, 0.2) is 0 Å². The van der Waals surface area contributed by atoms with Crippen LogP contribution in [0.1, 0.15) is 103 Å². The zero-order valence-corrected chi connectivity index (χ0v) is 17.5. The van der Waals surface area contributed by atoms with Crippen LogP contribution in [0.2, 0.25) is 0 Å². The van der Waals surface area contributed by atoms with Gasteiger partial charge in [0.15, 0.2) is 0 Å². The minimum absolute atomic E-state index is 0.785. The smallest absolute Gasteiger partial charge is 0.0102 e. The summed E-state index contributed by atoms with van der Waals surface area (Å²) < 4.78 is 0. The Kier molecular flexibility index (Phi) is 21.6. The van der Waals surface area contributed by atoms with Crippen molar-refractivity contribution in [3.63, 3.8) is 0 Å². The fourth-order valence-corrected chi connectivity index (χ4v) is 3.52. The van der Waals surface area contributed by atoms with Gasteiger partial charge in [-0.2, -0.15) is 12.6 Å². The molecule has 0 aliphatic heterocycles. The Hall–Kier alpha value is 0.270. The molecule has 0 amide bonds. The first-order chi connectivity index (χ1) is 11.8. The van der Waals surface area contributed by atoms with E-state index in [2.05, 4.69) is 24.6 Å². The lowest BCUT2D eigenvalue weighted by molar-refractivity contribution is 0.332. The Morgan fingerprint density at radius 3 is 1.21 bits per heavy atom. The molecule has 3 heteroatoms. The monoisotopic (exact) mass is 358 g/mol. The summed E-state index contributed by atoms with van der Waals surface area (Å²) in [7, 11) is 2.18. The van der Waals surface area contributed by atoms with Crippen molar-refractivity contribution >= 4 is 12.6 Å². The van der Waals surface area contributed by atoms with Crippen LogP contribution in [0.4, 0.5) is 0 Å². The first kappa shape index (κ1) is 24.3. The standard InChI is InChI=1S/C21H46N2S/c1-23(20-18-22)19-16-14-12-10-8-6-4-2-3-5-7-9-11-13-15-17-21-24/h24H,2-22H2,1H3. The van der Waals surface area contributed by atoms with Gasteiger partial charge in [0.05, 0.1) is 0 Å². The molecule has 24 heavy (non-hydrogen) atoms. The van der Waals surface area contributed by atoms with Crippen LogP contribution < -0.4 is 5.73 Å². The Morgan fingerprint density at radius 2 is 0.875 bits per heavy atom. The molecule has 0 saturated carbocycles. The van der Waals surface area contributed by atoms with Crippen molar-refractivity contribution < 1.29 is 0 Å². The lowest BCUT2D eigenvalue weighted by Gasteiger charge is -2.14. The van der Waals surface area contributed by atoms with Crippen LogP contribution in [-0.4, -0.2) is 37.3 Å². The molecule has 2 N–H and O–H groups in total. The molecule has 0 fully saturated rings. The van der Waals surface area contributed by atoms with Crippen LogP contribution in [-0.2, 0) is 0 Å². The fraction of sp³-hybridized carbons (Fsp3) is 1.00. The van der Waals surface area contributed by atoms with Gasteiger partial charge in [0.1, 0.15) is 0 Å². The number of hydrogen-bond donors (Lipinski definition) is 2. The molecule has 146 valence electrons. The molecule has 0 rings (SSSR count). The Balaban J connectivity index is 3.00. The Labute approximate surface area is 158 Å². The molecule has 0 atom stereocenters. The van der Waals surface area contributed by atoms with E-state index in [9.17, 15) is 0 Å². The third kappa shape index (κ3) is 20.3. The molecule has 0 heterocycles. The number of nitrogens with zero attached hydrogens (tertiary/aromatic N) is 1. The number of likely N-dealkylation sites (N-methyl/N-ethyl adjacent to an activating group) is 1. The van der Waals surface area contributed by atoms with E-state index >= 15 is 0 Å². The fourth-order valence-electron chi connectivity index (χ4n) is 3.30. The maximum absolute atomic E-state index is 5.55. The molecule has 0 aromatic carbocycles. The number of rotatable bonds is 20. The number of unbranched alkanes of at least 4 members (excludes halogenated alkanes) is 15. The van der Waals surface area contributed by atoms with Crippen LogP contribution in [0.25, 0.3) is 0 Å². The summed E-state index contributed by atoms with van der Waals surface area (Å²) in [5.41, 5.74) is 5.55. The van der Waals surface area contributed by atoms with Gasteiger partial charge >= 0.3 is 0 Å². The number of nitrogens with two attached hydrogens (primary N) is 1. The van der Waals surface area contributed by atoms with Gasteiger partial charge in [0.25, 0.3) is 0 Å². The predicted octanol–water partition coefficient (Wildman–Crippen LogP) is 6.05. The average Bonchev–Trinajstić information content (AvgIpc) is 2.58. The molecule has 0 unspecified atom stereocenters. The third-order valence-electron chi connectivity index (χ3n) is 4.96. The minimum atomic E-state index is 0.785. The van der Waals surface area contributed by atoms with E-state index in [-0.39, 0.29) is 0 Å². The van der Waals surface area contributed by atoms with Crippen LogP contribution in [0.5, 0.6) is 0 Å². The van der Waals surface area contributed by atoms with Gasteiger partial charge in [0, 0.05) is 13.1 Å². The SMILES string of the molecule is CN(CCN)CCCCCCCCCCCCCCCCCCS. The summed E-state index contributed by atoms with van der Waals surface area (Å²) in [5, 5.41) is 0. The van der Waals surface area contributed by atoms with Crippen LogP contribution in [0, 0.1) is 0 Å². The first-order valence-corrected chi connectivity index (χ1v) is 11.4. The summed E-state index contributed by atoms with van der Waals surface area (Å²) in [5.74, 6) is 1.06. The molecule has 0 aromatic heterocycles. The molecule has 2 nitrogen and oxygen atoms in total. The minimum Gasteiger partial charge on any atom is -0.329 e. The predicted molar refractivity (Wildman–Crippen MR) is 114 cm³/mol. The molecular formula is C21H46N2S. The topological polar surface area (TPSA) is 29.3 Å². The molecule has 0 spiro atoms. The lowest BCUT2D eigenvalue weighted by atomic mass is 10.0. The van der Waals surface area contributed by atoms with Crippen molar-refractivity contribution in [2.45, 2.75) is 103 Å². The van der Waals surface area contributed by atoms with E-state index in [0.717, 1.165) is 18.8 Å². The molecule has 0 bridgehead atoms. The summed E-state index contributed by atoms with van der Waals surface area (Å²) >= 11 is 4.26. The van der Waals surface area contributed by atoms with Crippen molar-refractivity contribution in [3.05, 3.63) is 0 Å². The third-order valence-corrected chi connectivity index (χ3v) is 5.27. The van der Waals surface area contributed by atoms with Gasteiger partial charge in [0.2, 0.25) is 0 Å². The zero-order valence-electron chi connectivity index (χ0n) is 16.6. The van der Waals surface area contributed by atoms with Gasteiger partial charge in [-0.3, -0.25) is 0 Å². The van der Waals surface area contributed by atoms with E-state index in [0.29, 0.717) is 0 Å². The van der Waals surface area contributed by atoms with Crippen molar-refractivity contribution in [2.24, 2.45) is 5.73 Å². The molecule has 0 saturated heterocycles. The highest BCUT2D eigenvalue weighted by Crippen LogP contribution is 2.13. The molecule has 0 aliphatic rings. The van der Waals surface area contributed by atoms with Gasteiger partial charge in [-0.25, -0.2) is 0 Å². The lowest BCUT2D eigenvalue weighted by Crippen LogP contribution is -2.26. The van der Waals surface area contributed by atoms with E-state index in [1.54, 1.807) is 0 Å². The van der Waals surface area contributed by atoms with Crippen molar-refractivity contribution in [3.8, 4) is 0 Å². The highest BCUT2D eigenvalue weighted by atomic mass is 32.1. The largest absolute Gasteiger partial charge is 0.329 e. The highest BCUT2D eigenvalue weighted by Gasteiger charge is 1.97. The van der Waals surface area contributed by atoms with E-state index < -0.39 is 0 Å². The van der Waals surface area contributed by atoms with Crippen molar-refractivity contribution in [1.82, 2.24) is 4.90 Å². The molecule has 0 aromatic rings. The van der Waals surface area contributed by atoms with Crippen LogP contribution in [0.3, 0.4) is 0 Å². The van der Waals surface area contributed by atoms with Gasteiger partial charge < -0.3 is 10.6 Å². The van der Waals surface area contributed by atoms with Crippen LogP contribution >= 0.6 is 12.6 Å². The van der Waals surface area contributed by atoms with Crippen molar-refractivity contribution in [2.75, 3.05) is 32.4 Å². The zero-order chi connectivity index (χ0) is 17.7. The second-order valence-electron chi connectivity index (χ2n) is 7.47. The second-order valence-corrected chi connectivity index (χ2v) is 7.92. The maximum Gasteiger partial charge on any atom is 0.0102 e. The average molecular weight is 359 g/mol. The summed E-state index contributed by atoms with van der Waals surface area (Å²) in [6.45, 7) is 3.04. The molecule has 0 aliphatic carbocycles. The van der Waals surface area contributed by atoms with Gasteiger partial charge in [-0.15, -0.1) is 0 Å². The van der Waals surface area contributed by atoms with E-state index in [1.165, 1.54) is 109 Å². The van der Waals surface area contributed by atoms with Crippen molar-refractivity contribution in [1.29, 1.82) is 0 Å². The normalized spacial score (nSPS) is 11.5. The Bertz CT molecular complexity index is 224. The highest BCUT2D eigenvalue weighted by molar-refractivity contribution is 7.80. The van der Waals surface area contributed by atoms with Gasteiger partial charge in [-0.05, 0) is 32.2 Å². The second kappa shape index (κ2) is 21.3. The van der Waals surface area contributed by atoms with Gasteiger partial charge in [-0.1, -0.05) is 89.9 Å².